The highest BCUT2D eigenvalue weighted by molar-refractivity contribution is 8.00. The number of thioether (sulfide) groups is 1. The normalized spacial score (nSPS) is 16.8. The van der Waals surface area contributed by atoms with Crippen LogP contribution in [0.2, 0.25) is 0 Å². The van der Waals surface area contributed by atoms with Gasteiger partial charge in [0.25, 0.3) is 0 Å². The minimum absolute atomic E-state index is 0.00667. The topological polar surface area (TPSA) is 58.2 Å². The molecular weight excluding hydrogens is 316 g/mol. The summed E-state index contributed by atoms with van der Waals surface area (Å²) in [5.41, 5.74) is 1.81. The summed E-state index contributed by atoms with van der Waals surface area (Å²) < 4.78 is 0. The molecule has 114 valence electrons. The lowest BCUT2D eigenvalue weighted by Gasteiger charge is -2.21. The summed E-state index contributed by atoms with van der Waals surface area (Å²) in [6.07, 6.45) is 0.409. The molecule has 0 saturated carbocycles. The molecule has 0 radical (unpaired) electrons. The van der Waals surface area contributed by atoms with Crippen molar-refractivity contribution in [3.63, 3.8) is 0 Å². The molecule has 1 atom stereocenters. The number of carbonyl (C=O) groups excluding carboxylic acids is 2. The van der Waals surface area contributed by atoms with Gasteiger partial charge in [-0.25, -0.2) is 0 Å². The van der Waals surface area contributed by atoms with Crippen molar-refractivity contribution in [1.29, 1.82) is 0 Å². The molecule has 2 amide bonds. The van der Waals surface area contributed by atoms with E-state index in [9.17, 15) is 9.59 Å². The van der Waals surface area contributed by atoms with Gasteiger partial charge in [0.05, 0.1) is 17.4 Å². The summed E-state index contributed by atoms with van der Waals surface area (Å²) in [6, 6.07) is 9.81. The first kappa shape index (κ1) is 15.1. The Balaban J connectivity index is 1.60. The predicted octanol–water partition coefficient (Wildman–Crippen LogP) is 3.04. The van der Waals surface area contributed by atoms with Gasteiger partial charge in [0.1, 0.15) is 0 Å². The van der Waals surface area contributed by atoms with Gasteiger partial charge in [0.2, 0.25) is 11.8 Å². The van der Waals surface area contributed by atoms with Crippen molar-refractivity contribution in [1.82, 2.24) is 5.32 Å². The van der Waals surface area contributed by atoms with Gasteiger partial charge in [-0.1, -0.05) is 12.1 Å². The second kappa shape index (κ2) is 6.54. The molecule has 2 heterocycles. The zero-order chi connectivity index (χ0) is 15.5. The van der Waals surface area contributed by atoms with Crippen LogP contribution in [0.25, 0.3) is 0 Å². The number of hydrogen-bond donors (Lipinski definition) is 2. The Kier molecular flexibility index (Phi) is 4.49. The summed E-state index contributed by atoms with van der Waals surface area (Å²) in [5, 5.41) is 7.72. The number of fused-ring (bicyclic) bond motifs is 1. The lowest BCUT2D eigenvalue weighted by atomic mass is 10.2. The minimum atomic E-state index is -0.0659. The van der Waals surface area contributed by atoms with Gasteiger partial charge in [-0.3, -0.25) is 9.59 Å². The van der Waals surface area contributed by atoms with Crippen molar-refractivity contribution in [2.45, 2.75) is 30.0 Å². The van der Waals surface area contributed by atoms with Crippen LogP contribution in [0.3, 0.4) is 0 Å². The van der Waals surface area contributed by atoms with E-state index in [-0.39, 0.29) is 17.1 Å². The predicted molar refractivity (Wildman–Crippen MR) is 90.3 cm³/mol. The van der Waals surface area contributed by atoms with Crippen LogP contribution in [0.1, 0.15) is 17.4 Å². The first-order chi connectivity index (χ1) is 10.6. The van der Waals surface area contributed by atoms with Gasteiger partial charge in [0, 0.05) is 16.3 Å². The smallest absolute Gasteiger partial charge is 0.237 e. The van der Waals surface area contributed by atoms with Crippen LogP contribution in [0.5, 0.6) is 0 Å². The third kappa shape index (κ3) is 3.51. The number of amides is 2. The van der Waals surface area contributed by atoms with E-state index in [0.717, 1.165) is 21.0 Å². The fourth-order valence-electron chi connectivity index (χ4n) is 2.20. The molecule has 0 aliphatic carbocycles. The largest absolute Gasteiger partial charge is 0.352 e. The van der Waals surface area contributed by atoms with Crippen LogP contribution in [-0.4, -0.2) is 17.1 Å². The molecule has 0 bridgehead atoms. The summed E-state index contributed by atoms with van der Waals surface area (Å²) in [4.78, 5) is 25.7. The molecule has 4 nitrogen and oxygen atoms in total. The molecule has 3 rings (SSSR count). The lowest BCUT2D eigenvalue weighted by Crippen LogP contribution is -2.27. The van der Waals surface area contributed by atoms with E-state index >= 15 is 0 Å². The van der Waals surface area contributed by atoms with Crippen molar-refractivity contribution < 1.29 is 9.59 Å². The highest BCUT2D eigenvalue weighted by Crippen LogP contribution is 2.35. The van der Waals surface area contributed by atoms with E-state index < -0.39 is 0 Å². The average molecular weight is 332 g/mol. The number of rotatable bonds is 4. The first-order valence-corrected chi connectivity index (χ1v) is 8.77. The molecule has 1 aromatic heterocycles. The van der Waals surface area contributed by atoms with Crippen LogP contribution in [0.15, 0.2) is 40.6 Å². The molecule has 0 saturated heterocycles. The van der Waals surface area contributed by atoms with Crippen LogP contribution < -0.4 is 10.6 Å². The van der Waals surface area contributed by atoms with E-state index in [1.165, 1.54) is 0 Å². The molecule has 0 spiro atoms. The summed E-state index contributed by atoms with van der Waals surface area (Å²) >= 11 is 3.14. The SMILES string of the molecule is CC1Sc2ccc(CNC(=O)Cc3cccs3)cc2NC1=O. The van der Waals surface area contributed by atoms with E-state index in [4.69, 9.17) is 0 Å². The monoisotopic (exact) mass is 332 g/mol. The van der Waals surface area contributed by atoms with Gasteiger partial charge < -0.3 is 10.6 Å². The Bertz CT molecular complexity index is 698. The number of benzene rings is 1. The molecule has 2 aromatic rings. The minimum Gasteiger partial charge on any atom is -0.352 e. The van der Waals surface area contributed by atoms with E-state index in [2.05, 4.69) is 10.6 Å². The van der Waals surface area contributed by atoms with Crippen molar-refractivity contribution in [2.24, 2.45) is 0 Å². The Morgan fingerprint density at radius 3 is 3.00 bits per heavy atom. The molecule has 0 fully saturated rings. The quantitative estimate of drug-likeness (QED) is 0.905. The third-order valence-corrected chi connectivity index (χ3v) is 5.43. The van der Waals surface area contributed by atoms with Crippen LogP contribution >= 0.6 is 23.1 Å². The second-order valence-corrected chi connectivity index (χ2v) is 7.53. The Labute approximate surface area is 137 Å². The van der Waals surface area contributed by atoms with Crippen LogP contribution in [0.4, 0.5) is 5.69 Å². The first-order valence-electron chi connectivity index (χ1n) is 7.01. The summed E-state index contributed by atoms with van der Waals surface area (Å²) in [6.45, 7) is 2.36. The highest BCUT2D eigenvalue weighted by atomic mass is 32.2. The third-order valence-electron chi connectivity index (χ3n) is 3.38. The van der Waals surface area contributed by atoms with Gasteiger partial charge in [-0.2, -0.15) is 0 Å². The van der Waals surface area contributed by atoms with Gasteiger partial charge in [0.15, 0.2) is 0 Å². The van der Waals surface area contributed by atoms with Gasteiger partial charge in [-0.15, -0.1) is 23.1 Å². The van der Waals surface area contributed by atoms with Crippen molar-refractivity contribution in [3.8, 4) is 0 Å². The fraction of sp³-hybridized carbons (Fsp3) is 0.250. The molecule has 6 heteroatoms. The Morgan fingerprint density at radius 1 is 1.36 bits per heavy atom. The zero-order valence-electron chi connectivity index (χ0n) is 12.1. The fourth-order valence-corrected chi connectivity index (χ4v) is 3.83. The number of carbonyl (C=O) groups is 2. The van der Waals surface area contributed by atoms with Crippen molar-refractivity contribution in [2.75, 3.05) is 5.32 Å². The average Bonchev–Trinajstić information content (AvgIpc) is 2.99. The molecule has 1 unspecified atom stereocenters. The standard InChI is InChI=1S/C16H16N2O2S2/c1-10-16(20)18-13-7-11(4-5-14(13)22-10)9-17-15(19)8-12-3-2-6-21-12/h2-7,10H,8-9H2,1H3,(H,17,19)(H,18,20). The molecule has 22 heavy (non-hydrogen) atoms. The molecule has 1 aromatic carbocycles. The summed E-state index contributed by atoms with van der Waals surface area (Å²) in [5.74, 6) is 0.0311. The summed E-state index contributed by atoms with van der Waals surface area (Å²) in [7, 11) is 0. The van der Waals surface area contributed by atoms with Crippen LogP contribution in [0, 0.1) is 0 Å². The molecule has 1 aliphatic heterocycles. The highest BCUT2D eigenvalue weighted by Gasteiger charge is 2.22. The van der Waals surface area contributed by atoms with E-state index in [1.807, 2.05) is 42.6 Å². The number of hydrogen-bond acceptors (Lipinski definition) is 4. The van der Waals surface area contributed by atoms with Crippen molar-refractivity contribution >= 4 is 40.6 Å². The number of anilines is 1. The maximum atomic E-state index is 11.9. The number of nitrogens with one attached hydrogen (secondary N) is 2. The van der Waals surface area contributed by atoms with Crippen LogP contribution in [-0.2, 0) is 22.6 Å². The molecule has 2 N–H and O–H groups in total. The van der Waals surface area contributed by atoms with Crippen molar-refractivity contribution in [3.05, 3.63) is 46.2 Å². The zero-order valence-corrected chi connectivity index (χ0v) is 13.7. The Hall–Kier alpha value is -1.79. The maximum Gasteiger partial charge on any atom is 0.237 e. The van der Waals surface area contributed by atoms with Gasteiger partial charge >= 0.3 is 0 Å². The van der Waals surface area contributed by atoms with E-state index in [0.29, 0.717) is 13.0 Å². The van der Waals surface area contributed by atoms with E-state index in [1.54, 1.807) is 23.1 Å². The molecule has 1 aliphatic rings. The second-order valence-electron chi connectivity index (χ2n) is 5.11. The Morgan fingerprint density at radius 2 is 2.23 bits per heavy atom. The molecular formula is C16H16N2O2S2. The number of thiophene rings is 1. The van der Waals surface area contributed by atoms with Gasteiger partial charge in [-0.05, 0) is 36.1 Å². The maximum absolute atomic E-state index is 11.9. The lowest BCUT2D eigenvalue weighted by molar-refractivity contribution is -0.120.